The highest BCUT2D eigenvalue weighted by Crippen LogP contribution is 2.17. The lowest BCUT2D eigenvalue weighted by molar-refractivity contribution is -0.159. The molecule has 0 heterocycles. The van der Waals surface area contributed by atoms with E-state index in [0.29, 0.717) is 6.42 Å². The van der Waals surface area contributed by atoms with Crippen LogP contribution in [0.4, 0.5) is 0 Å². The van der Waals surface area contributed by atoms with E-state index in [0.717, 1.165) is 19.3 Å². The zero-order valence-corrected chi connectivity index (χ0v) is 37.8. The SMILES string of the molecule is CCC(C)(C)OC(=O)CC(CO)C(=O)NC.CCC(C)(C)OCC(CO)C(=O)NC.CCC(C)OC(=O)CC(CO)C(=O)NC.CCC(C)OCC(CO)C(=O)NC. The molecule has 0 rings (SSSR count). The maximum Gasteiger partial charge on any atom is 0.307 e. The molecule has 344 valence electrons. The van der Waals surface area contributed by atoms with Crippen molar-refractivity contribution in [2.75, 3.05) is 67.8 Å². The maximum absolute atomic E-state index is 11.5. The number of rotatable bonds is 24. The monoisotopic (exact) mass is 841 g/mol. The second-order valence-electron chi connectivity index (χ2n) is 14.7. The first kappa shape index (κ1) is 61.2. The third-order valence-corrected chi connectivity index (χ3v) is 9.01. The molecule has 0 saturated heterocycles. The molecule has 0 aromatic rings. The Morgan fingerprint density at radius 1 is 0.517 bits per heavy atom. The van der Waals surface area contributed by atoms with Gasteiger partial charge < -0.3 is 60.6 Å². The van der Waals surface area contributed by atoms with E-state index in [1.807, 2.05) is 48.5 Å². The number of nitrogens with one attached hydrogen (secondary N) is 4. The summed E-state index contributed by atoms with van der Waals surface area (Å²) in [4.78, 5) is 67.5. The molecule has 18 nitrogen and oxygen atoms in total. The van der Waals surface area contributed by atoms with Crippen LogP contribution in [0.3, 0.4) is 0 Å². The van der Waals surface area contributed by atoms with Gasteiger partial charge in [0.15, 0.2) is 0 Å². The highest BCUT2D eigenvalue weighted by molar-refractivity contribution is 5.84. The van der Waals surface area contributed by atoms with Gasteiger partial charge in [0, 0.05) is 28.2 Å². The summed E-state index contributed by atoms with van der Waals surface area (Å²) < 4.78 is 21.1. The van der Waals surface area contributed by atoms with Crippen LogP contribution in [0.5, 0.6) is 0 Å². The van der Waals surface area contributed by atoms with E-state index in [1.165, 1.54) is 14.1 Å². The van der Waals surface area contributed by atoms with Gasteiger partial charge in [-0.3, -0.25) is 28.8 Å². The highest BCUT2D eigenvalue weighted by Gasteiger charge is 2.26. The lowest BCUT2D eigenvalue weighted by atomic mass is 10.0. The summed E-state index contributed by atoms with van der Waals surface area (Å²) in [6, 6.07) is 0. The molecule has 6 unspecified atom stereocenters. The van der Waals surface area contributed by atoms with E-state index in [2.05, 4.69) is 21.3 Å². The minimum atomic E-state index is -0.731. The number of hydrogen-bond acceptors (Lipinski definition) is 14. The molecule has 0 aromatic carbocycles. The number of amides is 4. The Bertz CT molecular complexity index is 1140. The van der Waals surface area contributed by atoms with E-state index in [-0.39, 0.29) is 93.9 Å². The molecule has 0 spiro atoms. The minimum absolute atomic E-state index is 0.0828. The van der Waals surface area contributed by atoms with Gasteiger partial charge in [-0.15, -0.1) is 0 Å². The van der Waals surface area contributed by atoms with Crippen molar-refractivity contribution >= 4 is 35.6 Å². The standard InChI is InChI=1S/C11H21NO4.C10H19NO4.C10H21NO3.C9H19NO3/c1-5-11(2,3)16-9(14)6-8(7-13)10(15)12-4;1-4-7(2)15-9(13)5-8(6-12)10(14)11-3;1-5-10(2,3)14-7-8(6-12)9(13)11-4;1-4-7(2)13-6-8(5-11)9(12)10-3/h8,13H,5-7H2,1-4H3,(H,12,15);7-8,12H,4-6H2,1-3H3,(H,11,14);8,12H,5-7H2,1-4H3,(H,11,13);7-8,11H,4-6H2,1-3H3,(H,10,12). The van der Waals surface area contributed by atoms with Crippen molar-refractivity contribution in [3.63, 3.8) is 0 Å². The Kier molecular flexibility index (Phi) is 37.5. The van der Waals surface area contributed by atoms with E-state index >= 15 is 0 Å². The molecule has 18 heteroatoms. The zero-order chi connectivity index (χ0) is 46.1. The third-order valence-electron chi connectivity index (χ3n) is 9.01. The Balaban J connectivity index is -0.000000336. The average molecular weight is 841 g/mol. The first-order valence-electron chi connectivity index (χ1n) is 20.0. The third kappa shape index (κ3) is 31.6. The fourth-order valence-electron chi connectivity index (χ4n) is 3.73. The van der Waals surface area contributed by atoms with Gasteiger partial charge in [-0.05, 0) is 67.2 Å². The van der Waals surface area contributed by atoms with Gasteiger partial charge in [-0.25, -0.2) is 0 Å². The number of aliphatic hydroxyl groups is 4. The van der Waals surface area contributed by atoms with Gasteiger partial charge in [0.25, 0.3) is 0 Å². The number of hydrogen-bond donors (Lipinski definition) is 8. The van der Waals surface area contributed by atoms with Crippen molar-refractivity contribution in [3.8, 4) is 0 Å². The molecule has 0 fully saturated rings. The van der Waals surface area contributed by atoms with E-state index in [4.69, 9.17) is 39.4 Å². The molecular weight excluding hydrogens is 760 g/mol. The average Bonchev–Trinajstić information content (AvgIpc) is 3.21. The Morgan fingerprint density at radius 2 is 0.862 bits per heavy atom. The molecule has 6 atom stereocenters. The molecule has 4 amide bonds. The number of aliphatic hydroxyl groups excluding tert-OH is 4. The molecular formula is C40H80N4O14. The van der Waals surface area contributed by atoms with Crippen molar-refractivity contribution in [1.82, 2.24) is 21.3 Å². The maximum atomic E-state index is 11.5. The van der Waals surface area contributed by atoms with Gasteiger partial charge in [-0.1, -0.05) is 27.7 Å². The number of carbonyl (C=O) groups is 6. The second-order valence-corrected chi connectivity index (χ2v) is 14.7. The summed E-state index contributed by atoms with van der Waals surface area (Å²) in [6.45, 7) is 18.6. The summed E-state index contributed by atoms with van der Waals surface area (Å²) in [5.74, 6) is -4.33. The fraction of sp³-hybridized carbons (Fsp3) is 0.850. The molecule has 0 radical (unpaired) electrons. The van der Waals surface area contributed by atoms with Crippen molar-refractivity contribution < 1.29 is 68.1 Å². The van der Waals surface area contributed by atoms with Crippen LogP contribution in [0.15, 0.2) is 0 Å². The normalized spacial score (nSPS) is 14.0. The number of esters is 2. The molecule has 0 aliphatic heterocycles. The molecule has 0 aromatic heterocycles. The molecule has 0 aliphatic carbocycles. The van der Waals surface area contributed by atoms with Crippen molar-refractivity contribution in [2.24, 2.45) is 23.7 Å². The second kappa shape index (κ2) is 35.5. The van der Waals surface area contributed by atoms with Crippen molar-refractivity contribution in [2.45, 2.75) is 131 Å². The summed E-state index contributed by atoms with van der Waals surface area (Å²) >= 11 is 0. The van der Waals surface area contributed by atoms with Crippen molar-refractivity contribution in [1.29, 1.82) is 0 Å². The minimum Gasteiger partial charge on any atom is -0.463 e. The van der Waals surface area contributed by atoms with Crippen LogP contribution in [0.1, 0.15) is 108 Å². The van der Waals surface area contributed by atoms with Crippen molar-refractivity contribution in [3.05, 3.63) is 0 Å². The van der Waals surface area contributed by atoms with E-state index in [1.54, 1.807) is 34.9 Å². The summed E-state index contributed by atoms with van der Waals surface area (Å²) in [5.41, 5.74) is -0.763. The Labute approximate surface area is 347 Å². The van der Waals surface area contributed by atoms with E-state index < -0.39 is 41.2 Å². The fourth-order valence-corrected chi connectivity index (χ4v) is 3.73. The topological polar surface area (TPSA) is 268 Å². The zero-order valence-electron chi connectivity index (χ0n) is 37.8. The Hall–Kier alpha value is -3.42. The predicted molar refractivity (Wildman–Crippen MR) is 220 cm³/mol. The van der Waals surface area contributed by atoms with Crippen LogP contribution in [0, 0.1) is 23.7 Å². The van der Waals surface area contributed by atoms with E-state index in [9.17, 15) is 28.8 Å². The number of ether oxygens (including phenoxy) is 4. The summed E-state index contributed by atoms with van der Waals surface area (Å²) in [6.07, 6.45) is 3.02. The van der Waals surface area contributed by atoms with Crippen LogP contribution < -0.4 is 21.3 Å². The lowest BCUT2D eigenvalue weighted by Gasteiger charge is -2.25. The van der Waals surface area contributed by atoms with Gasteiger partial charge in [0.05, 0.1) is 94.0 Å². The van der Waals surface area contributed by atoms with Gasteiger partial charge in [-0.2, -0.15) is 0 Å². The molecule has 0 bridgehead atoms. The summed E-state index contributed by atoms with van der Waals surface area (Å²) in [5, 5.41) is 45.4. The number of carbonyl (C=O) groups excluding carboxylic acids is 6. The van der Waals surface area contributed by atoms with Gasteiger partial charge in [0.2, 0.25) is 23.6 Å². The van der Waals surface area contributed by atoms with Crippen LogP contribution in [-0.4, -0.2) is 147 Å². The van der Waals surface area contributed by atoms with Crippen LogP contribution in [0.2, 0.25) is 0 Å². The molecule has 8 N–H and O–H groups in total. The Morgan fingerprint density at radius 3 is 1.19 bits per heavy atom. The largest absolute Gasteiger partial charge is 0.463 e. The predicted octanol–water partition coefficient (Wildman–Crippen LogP) is 1.24. The highest BCUT2D eigenvalue weighted by atomic mass is 16.6. The lowest BCUT2D eigenvalue weighted by Crippen LogP contribution is -2.36. The molecule has 0 saturated carbocycles. The quantitative estimate of drug-likeness (QED) is 0.0636. The smallest absolute Gasteiger partial charge is 0.307 e. The first-order valence-corrected chi connectivity index (χ1v) is 20.0. The summed E-state index contributed by atoms with van der Waals surface area (Å²) in [7, 11) is 6.03. The molecule has 0 aliphatic rings. The van der Waals surface area contributed by atoms with Crippen LogP contribution in [0.25, 0.3) is 0 Å². The van der Waals surface area contributed by atoms with Crippen LogP contribution in [-0.2, 0) is 47.7 Å². The van der Waals surface area contributed by atoms with Crippen LogP contribution >= 0.6 is 0 Å². The first-order chi connectivity index (χ1) is 27.0. The molecule has 58 heavy (non-hydrogen) atoms. The van der Waals surface area contributed by atoms with Gasteiger partial charge >= 0.3 is 11.9 Å². The van der Waals surface area contributed by atoms with Gasteiger partial charge in [0.1, 0.15) is 5.60 Å².